The average Bonchev–Trinajstić information content (AvgIpc) is 2.71. The van der Waals surface area contributed by atoms with Crippen molar-refractivity contribution in [1.82, 2.24) is 0 Å². The maximum atomic E-state index is 10.8. The van der Waals surface area contributed by atoms with E-state index in [9.17, 15) is 10.1 Å². The molecule has 0 saturated carbocycles. The van der Waals surface area contributed by atoms with Gasteiger partial charge in [0.05, 0.1) is 41.7 Å². The Morgan fingerprint density at radius 1 is 0.906 bits per heavy atom. The lowest BCUT2D eigenvalue weighted by molar-refractivity contribution is -0.384. The second kappa shape index (κ2) is 15.0. The maximum Gasteiger partial charge on any atom is 0.292 e. The molecule has 0 atom stereocenters. The molecule has 2 rings (SSSR count). The molecule has 0 amide bonds. The van der Waals surface area contributed by atoms with Gasteiger partial charge in [0.15, 0.2) is 0 Å². The number of halogens is 2. The summed E-state index contributed by atoms with van der Waals surface area (Å²) in [4.78, 5) is 10.4. The summed E-state index contributed by atoms with van der Waals surface area (Å²) in [7, 11) is 0. The predicted molar refractivity (Wildman–Crippen MR) is 139 cm³/mol. The standard InChI is InChI=1S/C11H15BrN2O3.C11H17BrN2O/c1-8(2)17-6-5-13-10-7-9(12)3-4-11(10)14(15)16;1-8(2)15-6-5-14-11-7-9(12)3-4-10(11)13/h3-4,7-8,13H,5-6H2,1-2H3;3-4,7-8,14H,5-6,13H2,1-2H3. The lowest BCUT2D eigenvalue weighted by Gasteiger charge is -2.11. The molecule has 2 aromatic carbocycles. The zero-order valence-electron chi connectivity index (χ0n) is 18.9. The van der Waals surface area contributed by atoms with Crippen LogP contribution in [0, 0.1) is 10.1 Å². The first kappa shape index (κ1) is 28.2. The van der Waals surface area contributed by atoms with E-state index in [2.05, 4.69) is 42.5 Å². The van der Waals surface area contributed by atoms with E-state index in [1.807, 2.05) is 45.9 Å². The summed E-state index contributed by atoms with van der Waals surface area (Å²) in [5, 5.41) is 17.0. The summed E-state index contributed by atoms with van der Waals surface area (Å²) in [6.45, 7) is 10.4. The Kier molecular flexibility index (Phi) is 13.2. The molecule has 0 aliphatic rings. The van der Waals surface area contributed by atoms with Crippen molar-refractivity contribution in [3.8, 4) is 0 Å². The smallest absolute Gasteiger partial charge is 0.292 e. The van der Waals surface area contributed by atoms with Gasteiger partial charge in [-0.15, -0.1) is 0 Å². The van der Waals surface area contributed by atoms with E-state index in [1.54, 1.807) is 12.1 Å². The number of nitro groups is 1. The maximum absolute atomic E-state index is 10.8. The summed E-state index contributed by atoms with van der Waals surface area (Å²) in [6, 6.07) is 10.6. The number of benzene rings is 2. The van der Waals surface area contributed by atoms with Gasteiger partial charge in [-0.2, -0.15) is 0 Å². The Hall–Kier alpha value is -1.88. The summed E-state index contributed by atoms with van der Waals surface area (Å²) in [6.07, 6.45) is 0.431. The highest BCUT2D eigenvalue weighted by molar-refractivity contribution is 9.10. The molecule has 0 spiro atoms. The molecule has 0 bridgehead atoms. The number of nitro benzene ring substituents is 1. The lowest BCUT2D eigenvalue weighted by atomic mass is 10.2. The Balaban J connectivity index is 0.000000323. The highest BCUT2D eigenvalue weighted by atomic mass is 79.9. The number of nitrogen functional groups attached to an aromatic ring is 1. The van der Waals surface area contributed by atoms with Gasteiger partial charge < -0.3 is 25.8 Å². The molecule has 10 heteroatoms. The SMILES string of the molecule is CC(C)OCCNc1cc(Br)ccc1N.CC(C)OCCNc1cc(Br)ccc1[N+](=O)[O-]. The van der Waals surface area contributed by atoms with Gasteiger partial charge >= 0.3 is 0 Å². The van der Waals surface area contributed by atoms with Gasteiger partial charge in [0.25, 0.3) is 5.69 Å². The van der Waals surface area contributed by atoms with Gasteiger partial charge in [-0.25, -0.2) is 0 Å². The Morgan fingerprint density at radius 2 is 1.38 bits per heavy atom. The number of hydrogen-bond acceptors (Lipinski definition) is 7. The van der Waals surface area contributed by atoms with Gasteiger partial charge in [0.2, 0.25) is 0 Å². The van der Waals surface area contributed by atoms with Gasteiger partial charge in [0.1, 0.15) is 5.69 Å². The van der Waals surface area contributed by atoms with Gasteiger partial charge in [-0.05, 0) is 58.0 Å². The van der Waals surface area contributed by atoms with E-state index in [4.69, 9.17) is 15.2 Å². The summed E-state index contributed by atoms with van der Waals surface area (Å²) < 4.78 is 12.6. The van der Waals surface area contributed by atoms with Crippen LogP contribution in [0.5, 0.6) is 0 Å². The van der Waals surface area contributed by atoms with Crippen LogP contribution in [0.1, 0.15) is 27.7 Å². The van der Waals surface area contributed by atoms with E-state index in [-0.39, 0.29) is 17.9 Å². The molecule has 0 unspecified atom stereocenters. The van der Waals surface area contributed by atoms with Crippen molar-refractivity contribution in [2.45, 2.75) is 39.9 Å². The number of ether oxygens (including phenoxy) is 2. The summed E-state index contributed by atoms with van der Waals surface area (Å²) >= 11 is 6.69. The van der Waals surface area contributed by atoms with Crippen LogP contribution in [-0.2, 0) is 9.47 Å². The average molecular weight is 576 g/mol. The van der Waals surface area contributed by atoms with Crippen LogP contribution in [0.4, 0.5) is 22.7 Å². The molecule has 0 heterocycles. The first-order valence-electron chi connectivity index (χ1n) is 10.3. The number of nitrogens with two attached hydrogens (primary N) is 1. The first-order chi connectivity index (χ1) is 15.1. The fourth-order valence-corrected chi connectivity index (χ4v) is 3.17. The van der Waals surface area contributed by atoms with Crippen molar-refractivity contribution in [3.05, 3.63) is 55.5 Å². The Bertz CT molecular complexity index is 851. The van der Waals surface area contributed by atoms with Crippen molar-refractivity contribution in [1.29, 1.82) is 0 Å². The predicted octanol–water partition coefficient (Wildman–Crippen LogP) is 6.06. The van der Waals surface area contributed by atoms with Crippen molar-refractivity contribution in [2.24, 2.45) is 0 Å². The largest absolute Gasteiger partial charge is 0.397 e. The Morgan fingerprint density at radius 3 is 1.88 bits per heavy atom. The monoisotopic (exact) mass is 574 g/mol. The van der Waals surface area contributed by atoms with Crippen molar-refractivity contribution >= 4 is 54.6 Å². The third kappa shape index (κ3) is 11.7. The van der Waals surface area contributed by atoms with Gasteiger partial charge in [0, 0.05) is 28.1 Å². The van der Waals surface area contributed by atoms with Crippen LogP contribution in [0.2, 0.25) is 0 Å². The molecule has 0 aliphatic carbocycles. The number of rotatable bonds is 11. The van der Waals surface area contributed by atoms with Crippen LogP contribution < -0.4 is 16.4 Å². The number of hydrogen-bond donors (Lipinski definition) is 3. The fraction of sp³-hybridized carbons (Fsp3) is 0.455. The second-order valence-corrected chi connectivity index (χ2v) is 9.17. The van der Waals surface area contributed by atoms with E-state index in [1.165, 1.54) is 6.07 Å². The van der Waals surface area contributed by atoms with E-state index in [0.717, 1.165) is 26.9 Å². The minimum atomic E-state index is -0.405. The molecule has 0 aromatic heterocycles. The summed E-state index contributed by atoms with van der Waals surface area (Å²) in [5.74, 6) is 0. The van der Waals surface area contributed by atoms with E-state index >= 15 is 0 Å². The van der Waals surface area contributed by atoms with Crippen LogP contribution >= 0.6 is 31.9 Å². The molecule has 8 nitrogen and oxygen atoms in total. The number of anilines is 3. The third-order valence-corrected chi connectivity index (χ3v) is 4.89. The molecule has 32 heavy (non-hydrogen) atoms. The summed E-state index contributed by atoms with van der Waals surface area (Å²) in [5.41, 5.74) is 8.07. The minimum absolute atomic E-state index is 0.0674. The zero-order valence-corrected chi connectivity index (χ0v) is 22.0. The Labute approximate surface area is 206 Å². The highest BCUT2D eigenvalue weighted by Gasteiger charge is 2.13. The highest BCUT2D eigenvalue weighted by Crippen LogP contribution is 2.27. The molecule has 0 aliphatic heterocycles. The van der Waals surface area contributed by atoms with Crippen LogP contribution in [0.3, 0.4) is 0 Å². The van der Waals surface area contributed by atoms with Gasteiger partial charge in [-0.3, -0.25) is 10.1 Å². The molecule has 178 valence electrons. The van der Waals surface area contributed by atoms with Crippen molar-refractivity contribution < 1.29 is 14.4 Å². The second-order valence-electron chi connectivity index (χ2n) is 7.34. The fourth-order valence-electron chi connectivity index (χ4n) is 2.45. The van der Waals surface area contributed by atoms with Crippen LogP contribution in [0.25, 0.3) is 0 Å². The van der Waals surface area contributed by atoms with E-state index < -0.39 is 4.92 Å². The molecule has 4 N–H and O–H groups in total. The first-order valence-corrected chi connectivity index (χ1v) is 11.9. The quantitative estimate of drug-likeness (QED) is 0.129. The van der Waals surface area contributed by atoms with Crippen molar-refractivity contribution in [2.75, 3.05) is 42.7 Å². The lowest BCUT2D eigenvalue weighted by Crippen LogP contribution is -2.13. The minimum Gasteiger partial charge on any atom is -0.397 e. The van der Waals surface area contributed by atoms with Crippen molar-refractivity contribution in [3.63, 3.8) is 0 Å². The third-order valence-electron chi connectivity index (χ3n) is 3.91. The molecular formula is C22H32Br2N4O4. The van der Waals surface area contributed by atoms with E-state index in [0.29, 0.717) is 25.4 Å². The normalized spacial score (nSPS) is 10.6. The molecule has 0 saturated heterocycles. The molecule has 2 aromatic rings. The zero-order chi connectivity index (χ0) is 24.1. The molecule has 0 radical (unpaired) electrons. The topological polar surface area (TPSA) is 112 Å². The number of nitrogens with zero attached hydrogens (tertiary/aromatic N) is 1. The van der Waals surface area contributed by atoms with Gasteiger partial charge in [-0.1, -0.05) is 31.9 Å². The van der Waals surface area contributed by atoms with Crippen LogP contribution in [0.15, 0.2) is 45.3 Å². The molecular weight excluding hydrogens is 544 g/mol. The number of nitrogens with one attached hydrogen (secondary N) is 2. The molecule has 0 fully saturated rings. The van der Waals surface area contributed by atoms with Crippen LogP contribution in [-0.4, -0.2) is 43.4 Å².